The highest BCUT2D eigenvalue weighted by molar-refractivity contribution is 7.16. The lowest BCUT2D eigenvalue weighted by Crippen LogP contribution is -2.36. The number of rotatable bonds is 9. The Kier molecular flexibility index (Phi) is 12.6. The SMILES string of the molecule is CCc1nnc(NC(=O)C2CC=CCC2C(=O)OC(C)C)s1.Cc1sc(NC(=O)C2CCCCC2C(=O)O)nc1-c1ccccc1. The predicted octanol–water partition coefficient (Wildman–Crippen LogP) is 6.52. The second-order valence-electron chi connectivity index (χ2n) is 11.6. The number of hydrogen-bond acceptors (Lipinski definition) is 10. The fourth-order valence-corrected chi connectivity index (χ4v) is 7.10. The molecule has 46 heavy (non-hydrogen) atoms. The van der Waals surface area contributed by atoms with E-state index in [-0.39, 0.29) is 23.9 Å². The van der Waals surface area contributed by atoms with Crippen LogP contribution in [0.5, 0.6) is 0 Å². The van der Waals surface area contributed by atoms with Crippen LogP contribution in [-0.4, -0.2) is 50.1 Å². The second kappa shape index (κ2) is 16.5. The van der Waals surface area contributed by atoms with E-state index in [1.165, 1.54) is 22.7 Å². The van der Waals surface area contributed by atoms with Crippen LogP contribution >= 0.6 is 22.7 Å². The largest absolute Gasteiger partial charge is 0.481 e. The summed E-state index contributed by atoms with van der Waals surface area (Å²) >= 11 is 2.78. The summed E-state index contributed by atoms with van der Waals surface area (Å²) in [5.74, 6) is -3.55. The summed E-state index contributed by atoms with van der Waals surface area (Å²) in [5, 5.41) is 24.7. The van der Waals surface area contributed by atoms with Crippen LogP contribution < -0.4 is 10.6 Å². The molecule has 11 nitrogen and oxygen atoms in total. The third kappa shape index (κ3) is 9.29. The number of amides is 2. The number of nitrogens with zero attached hydrogens (tertiary/aromatic N) is 3. The number of nitrogens with one attached hydrogen (secondary N) is 2. The van der Waals surface area contributed by atoms with Crippen molar-refractivity contribution in [2.24, 2.45) is 23.7 Å². The van der Waals surface area contributed by atoms with E-state index in [0.717, 1.165) is 40.4 Å². The third-order valence-electron chi connectivity index (χ3n) is 7.92. The molecule has 3 N–H and O–H groups in total. The van der Waals surface area contributed by atoms with Gasteiger partial charge in [0.25, 0.3) is 0 Å². The summed E-state index contributed by atoms with van der Waals surface area (Å²) in [4.78, 5) is 54.1. The first-order valence-corrected chi connectivity index (χ1v) is 17.3. The Bertz CT molecular complexity index is 1540. The normalized spacial score (nSPS) is 20.7. The van der Waals surface area contributed by atoms with Gasteiger partial charge in [-0.1, -0.05) is 73.6 Å². The first kappa shape index (κ1) is 34.9. The summed E-state index contributed by atoms with van der Waals surface area (Å²) < 4.78 is 5.26. The summed E-state index contributed by atoms with van der Waals surface area (Å²) in [6.07, 6.45) is 8.47. The Labute approximate surface area is 276 Å². The molecule has 0 bridgehead atoms. The molecule has 0 radical (unpaired) electrons. The summed E-state index contributed by atoms with van der Waals surface area (Å²) in [6, 6.07) is 9.81. The first-order valence-electron chi connectivity index (χ1n) is 15.6. The van der Waals surface area contributed by atoms with Crippen LogP contribution in [0.3, 0.4) is 0 Å². The molecule has 1 fully saturated rings. The third-order valence-corrected chi connectivity index (χ3v) is 9.79. The minimum atomic E-state index is -0.879. The molecular formula is C33H41N5O6S2. The Morgan fingerprint density at radius 1 is 0.891 bits per heavy atom. The molecule has 2 aliphatic carbocycles. The van der Waals surface area contributed by atoms with E-state index in [9.17, 15) is 24.3 Å². The van der Waals surface area contributed by atoms with Crippen LogP contribution in [0.4, 0.5) is 10.3 Å². The molecule has 3 aromatic rings. The maximum absolute atomic E-state index is 12.5. The van der Waals surface area contributed by atoms with Crippen LogP contribution in [0, 0.1) is 30.6 Å². The Morgan fingerprint density at radius 3 is 2.15 bits per heavy atom. The van der Waals surface area contributed by atoms with Crippen molar-refractivity contribution in [3.05, 3.63) is 52.4 Å². The van der Waals surface area contributed by atoms with Crippen molar-refractivity contribution in [3.8, 4) is 11.3 Å². The number of anilines is 2. The first-order chi connectivity index (χ1) is 22.1. The van der Waals surface area contributed by atoms with Crippen molar-refractivity contribution < 1.29 is 29.0 Å². The molecule has 1 saturated carbocycles. The van der Waals surface area contributed by atoms with Gasteiger partial charge in [-0.05, 0) is 52.9 Å². The lowest BCUT2D eigenvalue weighted by molar-refractivity contribution is -0.156. The molecule has 0 saturated heterocycles. The van der Waals surface area contributed by atoms with Crippen LogP contribution in [-0.2, 0) is 30.3 Å². The van der Waals surface area contributed by atoms with Gasteiger partial charge in [-0.2, -0.15) is 0 Å². The zero-order valence-corrected chi connectivity index (χ0v) is 28.2. The lowest BCUT2D eigenvalue weighted by Gasteiger charge is -2.26. The quantitative estimate of drug-likeness (QED) is 0.170. The van der Waals surface area contributed by atoms with Gasteiger partial charge in [0.15, 0.2) is 5.13 Å². The molecule has 4 unspecified atom stereocenters. The molecule has 13 heteroatoms. The van der Waals surface area contributed by atoms with E-state index in [2.05, 4.69) is 25.8 Å². The number of allylic oxidation sites excluding steroid dienone is 2. The van der Waals surface area contributed by atoms with Gasteiger partial charge in [-0.3, -0.25) is 19.2 Å². The number of carbonyl (C=O) groups is 4. The standard InChI is InChI=1S/C18H20N2O3S.C15H21N3O3S/c1-11-15(12-7-3-2-4-8-12)19-18(24-11)20-16(21)13-9-5-6-10-14(13)17(22)23;1-4-12-17-18-15(22-12)16-13(19)10-7-5-6-8-11(10)14(20)21-9(2)3/h2-4,7-8,13-14H,5-6,9-10H2,1H3,(H,22,23)(H,19,20,21);5-6,9-11H,4,7-8H2,1-3H3,(H,16,18,19). The summed E-state index contributed by atoms with van der Waals surface area (Å²) in [5.41, 5.74) is 1.86. The molecule has 2 heterocycles. The monoisotopic (exact) mass is 667 g/mol. The molecular weight excluding hydrogens is 627 g/mol. The van der Waals surface area contributed by atoms with Gasteiger partial charge in [-0.25, -0.2) is 4.98 Å². The van der Waals surface area contributed by atoms with Crippen LogP contribution in [0.15, 0.2) is 42.5 Å². The van der Waals surface area contributed by atoms with Crippen molar-refractivity contribution in [2.45, 2.75) is 78.7 Å². The molecule has 0 aliphatic heterocycles. The topological polar surface area (TPSA) is 160 Å². The van der Waals surface area contributed by atoms with Crippen molar-refractivity contribution in [2.75, 3.05) is 10.6 Å². The fraction of sp³-hybridized carbons (Fsp3) is 0.485. The molecule has 2 aliphatic rings. The van der Waals surface area contributed by atoms with Crippen LogP contribution in [0.25, 0.3) is 11.3 Å². The van der Waals surface area contributed by atoms with E-state index >= 15 is 0 Å². The number of benzene rings is 1. The highest BCUT2D eigenvalue weighted by Gasteiger charge is 2.37. The van der Waals surface area contributed by atoms with E-state index in [4.69, 9.17) is 4.74 Å². The van der Waals surface area contributed by atoms with Crippen LogP contribution in [0.1, 0.15) is 69.2 Å². The number of carbonyl (C=O) groups excluding carboxylic acids is 3. The van der Waals surface area contributed by atoms with Gasteiger partial charge in [-0.15, -0.1) is 21.5 Å². The molecule has 246 valence electrons. The highest BCUT2D eigenvalue weighted by Crippen LogP contribution is 2.34. The van der Waals surface area contributed by atoms with E-state index in [1.807, 2.05) is 56.3 Å². The number of aliphatic carboxylic acids is 1. The Morgan fingerprint density at radius 2 is 1.52 bits per heavy atom. The van der Waals surface area contributed by atoms with Gasteiger partial charge >= 0.3 is 11.9 Å². The number of thiazole rings is 1. The number of aryl methyl sites for hydroxylation is 2. The minimum Gasteiger partial charge on any atom is -0.481 e. The number of hydrogen-bond donors (Lipinski definition) is 3. The zero-order valence-electron chi connectivity index (χ0n) is 26.5. The average Bonchev–Trinajstić information content (AvgIpc) is 3.66. The van der Waals surface area contributed by atoms with Crippen molar-refractivity contribution in [3.63, 3.8) is 0 Å². The molecule has 4 atom stereocenters. The van der Waals surface area contributed by atoms with Gasteiger partial charge in [0.05, 0.1) is 35.5 Å². The van der Waals surface area contributed by atoms with Gasteiger partial charge < -0.3 is 20.5 Å². The highest BCUT2D eigenvalue weighted by atomic mass is 32.1. The fourth-order valence-electron chi connectivity index (χ4n) is 5.58. The van der Waals surface area contributed by atoms with Gasteiger partial charge in [0, 0.05) is 10.4 Å². The molecule has 1 aromatic carbocycles. The van der Waals surface area contributed by atoms with E-state index < -0.39 is 29.6 Å². The molecule has 2 amide bonds. The maximum atomic E-state index is 12.5. The lowest BCUT2D eigenvalue weighted by atomic mass is 9.79. The zero-order chi connectivity index (χ0) is 33.2. The number of carboxylic acid groups (broad SMARTS) is 1. The number of esters is 1. The van der Waals surface area contributed by atoms with Crippen molar-refractivity contribution in [1.82, 2.24) is 15.2 Å². The minimum absolute atomic E-state index is 0.183. The molecule has 5 rings (SSSR count). The summed E-state index contributed by atoms with van der Waals surface area (Å²) in [6.45, 7) is 7.56. The number of carboxylic acids is 1. The van der Waals surface area contributed by atoms with Crippen LogP contribution in [0.2, 0.25) is 0 Å². The predicted molar refractivity (Wildman–Crippen MR) is 178 cm³/mol. The number of ether oxygens (including phenoxy) is 1. The average molecular weight is 668 g/mol. The molecule has 2 aromatic heterocycles. The summed E-state index contributed by atoms with van der Waals surface area (Å²) in [7, 11) is 0. The second-order valence-corrected chi connectivity index (χ2v) is 13.9. The van der Waals surface area contributed by atoms with Gasteiger partial charge in [0.1, 0.15) is 5.01 Å². The van der Waals surface area contributed by atoms with E-state index in [1.54, 1.807) is 13.8 Å². The van der Waals surface area contributed by atoms with Gasteiger partial charge in [0.2, 0.25) is 16.9 Å². The Balaban J connectivity index is 0.000000210. The van der Waals surface area contributed by atoms with Crippen molar-refractivity contribution >= 4 is 56.7 Å². The molecule has 0 spiro atoms. The smallest absolute Gasteiger partial charge is 0.310 e. The number of aromatic nitrogens is 3. The maximum Gasteiger partial charge on any atom is 0.310 e. The van der Waals surface area contributed by atoms with E-state index in [0.29, 0.717) is 35.9 Å². The Hall–Kier alpha value is -3.97. The van der Waals surface area contributed by atoms with Crippen molar-refractivity contribution in [1.29, 1.82) is 0 Å².